The maximum atomic E-state index is 11.7. The van der Waals surface area contributed by atoms with E-state index in [0.29, 0.717) is 25.1 Å². The van der Waals surface area contributed by atoms with E-state index in [-0.39, 0.29) is 11.3 Å². The molecule has 1 aliphatic carbocycles. The molecule has 0 spiro atoms. The lowest BCUT2D eigenvalue weighted by atomic mass is 9.94. The average molecular weight is 221 g/mol. The number of ether oxygens (including phenoxy) is 1. The molecule has 0 bridgehead atoms. The smallest absolute Gasteiger partial charge is 0.250 e. The van der Waals surface area contributed by atoms with Crippen LogP contribution in [0.15, 0.2) is 16.9 Å². The Morgan fingerprint density at radius 1 is 1.31 bits per heavy atom. The molecule has 1 heterocycles. The highest BCUT2D eigenvalue weighted by atomic mass is 16.5. The lowest BCUT2D eigenvalue weighted by molar-refractivity contribution is 0.0969. The van der Waals surface area contributed by atoms with Gasteiger partial charge in [0, 0.05) is 37.4 Å². The van der Waals surface area contributed by atoms with Gasteiger partial charge in [0.25, 0.3) is 5.56 Å². The Balaban J connectivity index is 2.46. The largest absolute Gasteiger partial charge is 0.383 e. The minimum absolute atomic E-state index is 0.0505. The van der Waals surface area contributed by atoms with Crippen molar-refractivity contribution >= 4 is 5.78 Å². The SMILES string of the molecule is COCCn1c2c(ccc1=O)C(=O)CCC2. The molecule has 0 fully saturated rings. The molecule has 0 atom stereocenters. The van der Waals surface area contributed by atoms with Crippen molar-refractivity contribution < 1.29 is 9.53 Å². The molecular formula is C12H15NO3. The minimum Gasteiger partial charge on any atom is -0.383 e. The number of nitrogens with zero attached hydrogens (tertiary/aromatic N) is 1. The molecule has 0 aliphatic heterocycles. The van der Waals surface area contributed by atoms with Crippen LogP contribution in [0.5, 0.6) is 0 Å². The van der Waals surface area contributed by atoms with Crippen molar-refractivity contribution in [3.05, 3.63) is 33.7 Å². The van der Waals surface area contributed by atoms with Gasteiger partial charge in [0.15, 0.2) is 5.78 Å². The van der Waals surface area contributed by atoms with E-state index in [1.807, 2.05) is 0 Å². The van der Waals surface area contributed by atoms with Gasteiger partial charge in [0.05, 0.1) is 6.61 Å². The second-order valence-electron chi connectivity index (χ2n) is 3.95. The monoisotopic (exact) mass is 221 g/mol. The number of Topliss-reactive ketones (excluding diaryl/α,β-unsaturated/α-hetero) is 1. The molecule has 2 rings (SSSR count). The third-order valence-electron chi connectivity index (χ3n) is 2.93. The third-order valence-corrected chi connectivity index (χ3v) is 2.93. The van der Waals surface area contributed by atoms with Crippen LogP contribution in [0.3, 0.4) is 0 Å². The van der Waals surface area contributed by atoms with E-state index in [1.54, 1.807) is 17.7 Å². The van der Waals surface area contributed by atoms with E-state index in [4.69, 9.17) is 4.74 Å². The zero-order valence-corrected chi connectivity index (χ0v) is 9.36. The number of hydrogen-bond donors (Lipinski definition) is 0. The number of rotatable bonds is 3. The van der Waals surface area contributed by atoms with Gasteiger partial charge in [-0.25, -0.2) is 0 Å². The summed E-state index contributed by atoms with van der Waals surface area (Å²) in [6.07, 6.45) is 2.23. The first-order chi connectivity index (χ1) is 7.74. The number of carbonyl (C=O) groups excluding carboxylic acids is 1. The number of pyridine rings is 1. The van der Waals surface area contributed by atoms with Crippen LogP contribution in [0, 0.1) is 0 Å². The summed E-state index contributed by atoms with van der Waals surface area (Å²) in [5.74, 6) is 0.146. The number of aromatic nitrogens is 1. The van der Waals surface area contributed by atoms with Gasteiger partial charge in [-0.2, -0.15) is 0 Å². The Bertz CT molecular complexity index is 462. The van der Waals surface area contributed by atoms with E-state index in [9.17, 15) is 9.59 Å². The molecule has 16 heavy (non-hydrogen) atoms. The zero-order chi connectivity index (χ0) is 11.5. The first kappa shape index (κ1) is 11.1. The van der Waals surface area contributed by atoms with Gasteiger partial charge in [-0.05, 0) is 18.9 Å². The molecule has 0 unspecified atom stereocenters. The topological polar surface area (TPSA) is 48.3 Å². The number of fused-ring (bicyclic) bond motifs is 1. The van der Waals surface area contributed by atoms with E-state index in [2.05, 4.69) is 0 Å². The van der Waals surface area contributed by atoms with Crippen LogP contribution in [0.2, 0.25) is 0 Å². The quantitative estimate of drug-likeness (QED) is 0.765. The molecule has 0 saturated carbocycles. The number of ketones is 1. The van der Waals surface area contributed by atoms with E-state index in [0.717, 1.165) is 18.5 Å². The van der Waals surface area contributed by atoms with Gasteiger partial charge in [0.1, 0.15) is 0 Å². The predicted molar refractivity (Wildman–Crippen MR) is 59.8 cm³/mol. The molecule has 0 aromatic carbocycles. The average Bonchev–Trinajstić information content (AvgIpc) is 2.28. The summed E-state index contributed by atoms with van der Waals surface area (Å²) >= 11 is 0. The maximum absolute atomic E-state index is 11.7. The highest BCUT2D eigenvalue weighted by molar-refractivity contribution is 5.97. The van der Waals surface area contributed by atoms with Crippen LogP contribution in [0.4, 0.5) is 0 Å². The van der Waals surface area contributed by atoms with Crippen LogP contribution in [-0.2, 0) is 17.7 Å². The lowest BCUT2D eigenvalue weighted by Crippen LogP contribution is -2.29. The summed E-state index contributed by atoms with van der Waals surface area (Å²) in [4.78, 5) is 23.4. The number of methoxy groups -OCH3 is 1. The normalized spacial score (nSPS) is 14.9. The van der Waals surface area contributed by atoms with Crippen molar-refractivity contribution in [1.29, 1.82) is 0 Å². The van der Waals surface area contributed by atoms with Crippen molar-refractivity contribution in [1.82, 2.24) is 4.57 Å². The molecule has 0 N–H and O–H groups in total. The van der Waals surface area contributed by atoms with Crippen LogP contribution in [0.1, 0.15) is 28.9 Å². The molecule has 1 aliphatic rings. The van der Waals surface area contributed by atoms with Crippen LogP contribution in [0.25, 0.3) is 0 Å². The van der Waals surface area contributed by atoms with E-state index in [1.165, 1.54) is 6.07 Å². The van der Waals surface area contributed by atoms with Gasteiger partial charge < -0.3 is 9.30 Å². The first-order valence-corrected chi connectivity index (χ1v) is 5.49. The second kappa shape index (κ2) is 4.61. The van der Waals surface area contributed by atoms with Gasteiger partial charge in [0.2, 0.25) is 0 Å². The summed E-state index contributed by atoms with van der Waals surface area (Å²) < 4.78 is 6.64. The van der Waals surface area contributed by atoms with Crippen molar-refractivity contribution in [2.75, 3.05) is 13.7 Å². The molecular weight excluding hydrogens is 206 g/mol. The van der Waals surface area contributed by atoms with Gasteiger partial charge >= 0.3 is 0 Å². The number of carbonyl (C=O) groups is 1. The lowest BCUT2D eigenvalue weighted by Gasteiger charge is -2.19. The zero-order valence-electron chi connectivity index (χ0n) is 9.36. The fraction of sp³-hybridized carbons (Fsp3) is 0.500. The molecule has 86 valence electrons. The van der Waals surface area contributed by atoms with E-state index < -0.39 is 0 Å². The fourth-order valence-electron chi connectivity index (χ4n) is 2.12. The molecule has 0 saturated heterocycles. The Hall–Kier alpha value is -1.42. The Kier molecular flexibility index (Phi) is 3.19. The summed E-state index contributed by atoms with van der Waals surface area (Å²) in [5, 5.41) is 0. The van der Waals surface area contributed by atoms with Crippen LogP contribution in [-0.4, -0.2) is 24.1 Å². The van der Waals surface area contributed by atoms with Crippen molar-refractivity contribution in [2.45, 2.75) is 25.8 Å². The highest BCUT2D eigenvalue weighted by Gasteiger charge is 2.20. The Morgan fingerprint density at radius 3 is 2.88 bits per heavy atom. The Morgan fingerprint density at radius 2 is 2.12 bits per heavy atom. The third kappa shape index (κ3) is 1.93. The van der Waals surface area contributed by atoms with Crippen LogP contribution >= 0.6 is 0 Å². The molecule has 0 amide bonds. The summed E-state index contributed by atoms with van der Waals surface area (Å²) in [5.41, 5.74) is 1.54. The predicted octanol–water partition coefficient (Wildman–Crippen LogP) is 1.01. The number of hydrogen-bond acceptors (Lipinski definition) is 3. The fourth-order valence-corrected chi connectivity index (χ4v) is 2.12. The minimum atomic E-state index is -0.0505. The second-order valence-corrected chi connectivity index (χ2v) is 3.95. The van der Waals surface area contributed by atoms with Crippen molar-refractivity contribution in [3.8, 4) is 0 Å². The molecule has 1 aromatic rings. The maximum Gasteiger partial charge on any atom is 0.250 e. The highest BCUT2D eigenvalue weighted by Crippen LogP contribution is 2.19. The van der Waals surface area contributed by atoms with Gasteiger partial charge in [-0.3, -0.25) is 9.59 Å². The molecule has 0 radical (unpaired) electrons. The molecule has 1 aromatic heterocycles. The summed E-state index contributed by atoms with van der Waals surface area (Å²) in [6, 6.07) is 3.13. The van der Waals surface area contributed by atoms with E-state index >= 15 is 0 Å². The summed E-state index contributed by atoms with van der Waals surface area (Å²) in [7, 11) is 1.60. The Labute approximate surface area is 93.8 Å². The summed E-state index contributed by atoms with van der Waals surface area (Å²) in [6.45, 7) is 1.01. The van der Waals surface area contributed by atoms with Crippen molar-refractivity contribution in [2.24, 2.45) is 0 Å². The van der Waals surface area contributed by atoms with Crippen molar-refractivity contribution in [3.63, 3.8) is 0 Å². The van der Waals surface area contributed by atoms with Gasteiger partial charge in [-0.1, -0.05) is 0 Å². The molecule has 4 nitrogen and oxygen atoms in total. The standard InChI is InChI=1S/C12H15NO3/c1-16-8-7-13-10-3-2-4-11(14)9(10)5-6-12(13)15/h5-6H,2-4,7-8H2,1H3. The van der Waals surface area contributed by atoms with Gasteiger partial charge in [-0.15, -0.1) is 0 Å². The van der Waals surface area contributed by atoms with Crippen LogP contribution < -0.4 is 5.56 Å². The first-order valence-electron chi connectivity index (χ1n) is 5.49. The molecule has 4 heteroatoms.